The minimum atomic E-state index is -0.735. The summed E-state index contributed by atoms with van der Waals surface area (Å²) >= 11 is 0. The molecule has 1 saturated heterocycles. The van der Waals surface area contributed by atoms with Crippen LogP contribution in [0.25, 0.3) is 5.76 Å². The molecule has 0 spiro atoms. The minimum Gasteiger partial charge on any atom is -0.507 e. The molecule has 160 valence electrons. The highest BCUT2D eigenvalue weighted by Gasteiger charge is 2.46. The summed E-state index contributed by atoms with van der Waals surface area (Å²) in [6.07, 6.45) is 7.30. The number of benzene rings is 1. The zero-order valence-corrected chi connectivity index (χ0v) is 17.4. The van der Waals surface area contributed by atoms with E-state index >= 15 is 0 Å². The first kappa shape index (κ1) is 19.9. The second kappa shape index (κ2) is 7.92. The van der Waals surface area contributed by atoms with Crippen molar-refractivity contribution in [3.8, 4) is 5.75 Å². The van der Waals surface area contributed by atoms with E-state index in [1.165, 1.54) is 4.90 Å². The molecule has 0 bridgehead atoms. The molecule has 1 amide bonds. The average molecular weight is 427 g/mol. The van der Waals surface area contributed by atoms with E-state index in [0.29, 0.717) is 11.1 Å². The summed E-state index contributed by atoms with van der Waals surface area (Å²) in [6, 6.07) is 11.7. The van der Waals surface area contributed by atoms with Gasteiger partial charge in [-0.3, -0.25) is 19.6 Å². The number of Topliss-reactive ketones (excluding diaryl/α,β-unsaturated/α-hetero) is 1. The number of fused-ring (bicyclic) bond motifs is 1. The summed E-state index contributed by atoms with van der Waals surface area (Å²) in [5, 5.41) is 11.2. The van der Waals surface area contributed by atoms with Gasteiger partial charge in [-0.15, -0.1) is 0 Å². The van der Waals surface area contributed by atoms with Gasteiger partial charge in [0.05, 0.1) is 11.6 Å². The van der Waals surface area contributed by atoms with Gasteiger partial charge >= 0.3 is 0 Å². The molecule has 2 aliphatic heterocycles. The van der Waals surface area contributed by atoms with Gasteiger partial charge in [0.2, 0.25) is 0 Å². The maximum atomic E-state index is 13.1. The Labute approximate surface area is 185 Å². The van der Waals surface area contributed by atoms with Gasteiger partial charge < -0.3 is 14.7 Å². The van der Waals surface area contributed by atoms with Gasteiger partial charge in [-0.05, 0) is 60.0 Å². The molecule has 4 heterocycles. The maximum absolute atomic E-state index is 13.1. The highest BCUT2D eigenvalue weighted by Crippen LogP contribution is 2.41. The topological polar surface area (TPSA) is 92.6 Å². The summed E-state index contributed by atoms with van der Waals surface area (Å²) in [6.45, 7) is 2.17. The third-order valence-electron chi connectivity index (χ3n) is 5.81. The number of rotatable bonds is 4. The first-order chi connectivity index (χ1) is 15.5. The SMILES string of the molecule is CC1Cc2cc(/C(O)=C3/C(=O)C(=O)N(Cc4cccnc4)C3c3ccncc3)ccc2O1. The number of likely N-dealkylation sites (tertiary alicyclic amines) is 1. The largest absolute Gasteiger partial charge is 0.507 e. The van der Waals surface area contributed by atoms with E-state index in [1.54, 1.807) is 55.1 Å². The van der Waals surface area contributed by atoms with Crippen LogP contribution < -0.4 is 4.74 Å². The molecule has 0 saturated carbocycles. The number of ether oxygens (including phenoxy) is 1. The smallest absolute Gasteiger partial charge is 0.295 e. The summed E-state index contributed by atoms with van der Waals surface area (Å²) in [5.74, 6) is -0.786. The second-order valence-electron chi connectivity index (χ2n) is 8.02. The summed E-state index contributed by atoms with van der Waals surface area (Å²) in [7, 11) is 0. The highest BCUT2D eigenvalue weighted by molar-refractivity contribution is 6.46. The third kappa shape index (κ3) is 3.41. The molecule has 1 aromatic carbocycles. The average Bonchev–Trinajstić information content (AvgIpc) is 3.31. The number of carbonyl (C=O) groups is 2. The fraction of sp³-hybridized carbons (Fsp3) is 0.200. The van der Waals surface area contributed by atoms with Crippen LogP contribution in [-0.4, -0.2) is 37.8 Å². The zero-order valence-electron chi connectivity index (χ0n) is 17.4. The number of aliphatic hydroxyl groups is 1. The van der Waals surface area contributed by atoms with Crippen LogP contribution in [0.4, 0.5) is 0 Å². The molecule has 2 unspecified atom stereocenters. The Morgan fingerprint density at radius 3 is 2.69 bits per heavy atom. The number of hydrogen-bond acceptors (Lipinski definition) is 6. The molecule has 1 N–H and O–H groups in total. The summed E-state index contributed by atoms with van der Waals surface area (Å²) in [4.78, 5) is 35.8. The number of ketones is 1. The quantitative estimate of drug-likeness (QED) is 0.390. The van der Waals surface area contributed by atoms with Crippen LogP contribution in [0, 0.1) is 0 Å². The second-order valence-corrected chi connectivity index (χ2v) is 8.02. The van der Waals surface area contributed by atoms with E-state index in [-0.39, 0.29) is 24.0 Å². The van der Waals surface area contributed by atoms with Crippen molar-refractivity contribution < 1.29 is 19.4 Å². The molecule has 3 aromatic rings. The Morgan fingerprint density at radius 2 is 1.94 bits per heavy atom. The molecule has 0 aliphatic carbocycles. The third-order valence-corrected chi connectivity index (χ3v) is 5.81. The van der Waals surface area contributed by atoms with Crippen LogP contribution in [0.15, 0.2) is 72.8 Å². The molecule has 2 aromatic heterocycles. The molecule has 2 atom stereocenters. The molecular formula is C25H21N3O4. The van der Waals surface area contributed by atoms with Gasteiger partial charge in [-0.1, -0.05) is 6.07 Å². The van der Waals surface area contributed by atoms with Crippen LogP contribution >= 0.6 is 0 Å². The van der Waals surface area contributed by atoms with Crippen molar-refractivity contribution in [2.45, 2.75) is 32.0 Å². The summed E-state index contributed by atoms with van der Waals surface area (Å²) < 4.78 is 5.74. The lowest BCUT2D eigenvalue weighted by atomic mass is 9.95. The van der Waals surface area contributed by atoms with Crippen LogP contribution in [0.3, 0.4) is 0 Å². The van der Waals surface area contributed by atoms with E-state index in [4.69, 9.17) is 4.74 Å². The lowest BCUT2D eigenvalue weighted by Gasteiger charge is -2.25. The monoisotopic (exact) mass is 427 g/mol. The van der Waals surface area contributed by atoms with Gasteiger partial charge in [0.15, 0.2) is 0 Å². The van der Waals surface area contributed by atoms with Crippen molar-refractivity contribution in [2.75, 3.05) is 0 Å². The van der Waals surface area contributed by atoms with E-state index < -0.39 is 17.7 Å². The number of aromatic nitrogens is 2. The number of hydrogen-bond donors (Lipinski definition) is 1. The van der Waals surface area contributed by atoms with Crippen molar-refractivity contribution in [1.82, 2.24) is 14.9 Å². The van der Waals surface area contributed by atoms with Crippen molar-refractivity contribution in [3.05, 3.63) is 95.1 Å². The number of nitrogens with zero attached hydrogens (tertiary/aromatic N) is 3. The van der Waals surface area contributed by atoms with Gasteiger partial charge in [-0.2, -0.15) is 0 Å². The lowest BCUT2D eigenvalue weighted by Crippen LogP contribution is -2.29. The van der Waals surface area contributed by atoms with Gasteiger partial charge in [0.25, 0.3) is 11.7 Å². The Hall–Kier alpha value is -4.00. The highest BCUT2D eigenvalue weighted by atomic mass is 16.5. The predicted molar refractivity (Wildman–Crippen MR) is 117 cm³/mol. The van der Waals surface area contributed by atoms with E-state index in [0.717, 1.165) is 23.3 Å². The first-order valence-corrected chi connectivity index (χ1v) is 10.4. The Balaban J connectivity index is 1.62. The van der Waals surface area contributed by atoms with Gasteiger partial charge in [0, 0.05) is 43.3 Å². The molecule has 7 nitrogen and oxygen atoms in total. The van der Waals surface area contributed by atoms with Gasteiger partial charge in [0.1, 0.15) is 17.6 Å². The van der Waals surface area contributed by atoms with Crippen molar-refractivity contribution in [1.29, 1.82) is 0 Å². The molecule has 5 rings (SSSR count). The number of amides is 1. The Bertz CT molecular complexity index is 1220. The number of aliphatic hydroxyl groups excluding tert-OH is 1. The van der Waals surface area contributed by atoms with Crippen LogP contribution in [-0.2, 0) is 22.6 Å². The normalized spacial score (nSPS) is 21.5. The first-order valence-electron chi connectivity index (χ1n) is 10.4. The molecular weight excluding hydrogens is 406 g/mol. The van der Waals surface area contributed by atoms with Gasteiger partial charge in [-0.25, -0.2) is 0 Å². The Kier molecular flexibility index (Phi) is 4.93. The fourth-order valence-electron chi connectivity index (χ4n) is 4.35. The van der Waals surface area contributed by atoms with Crippen molar-refractivity contribution in [2.24, 2.45) is 0 Å². The van der Waals surface area contributed by atoms with E-state index in [1.807, 2.05) is 19.1 Å². The number of pyridine rings is 2. The van der Waals surface area contributed by atoms with Crippen molar-refractivity contribution in [3.63, 3.8) is 0 Å². The fourth-order valence-corrected chi connectivity index (χ4v) is 4.35. The molecule has 32 heavy (non-hydrogen) atoms. The minimum absolute atomic E-state index is 0.0595. The van der Waals surface area contributed by atoms with E-state index in [2.05, 4.69) is 9.97 Å². The predicted octanol–water partition coefficient (Wildman–Crippen LogP) is 3.42. The van der Waals surface area contributed by atoms with Crippen LogP contribution in [0.1, 0.15) is 35.2 Å². The lowest BCUT2D eigenvalue weighted by molar-refractivity contribution is -0.140. The standard InChI is InChI=1S/C25H21N3O4/c1-15-11-19-12-18(4-5-20(19)32-15)23(29)21-22(17-6-9-26-10-7-17)28(25(31)24(21)30)14-16-3-2-8-27-13-16/h2-10,12-13,15,22,29H,11,14H2,1H3/b23-21-. The number of carbonyl (C=O) groups excluding carboxylic acids is 2. The molecule has 0 radical (unpaired) electrons. The maximum Gasteiger partial charge on any atom is 0.295 e. The van der Waals surface area contributed by atoms with Crippen LogP contribution in [0.2, 0.25) is 0 Å². The molecule has 1 fully saturated rings. The molecule has 2 aliphatic rings. The van der Waals surface area contributed by atoms with Crippen molar-refractivity contribution >= 4 is 17.4 Å². The zero-order chi connectivity index (χ0) is 22.2. The molecule has 7 heteroatoms. The Morgan fingerprint density at radius 1 is 1.12 bits per heavy atom. The van der Waals surface area contributed by atoms with Crippen LogP contribution in [0.5, 0.6) is 5.75 Å². The summed E-state index contributed by atoms with van der Waals surface area (Å²) in [5.41, 5.74) is 3.00. The van der Waals surface area contributed by atoms with E-state index in [9.17, 15) is 14.7 Å².